The number of benzene rings is 3. The van der Waals surface area contributed by atoms with Gasteiger partial charge in [-0.15, -0.1) is 0 Å². The van der Waals surface area contributed by atoms with Crippen LogP contribution in [0.25, 0.3) is 0 Å². The maximum atomic E-state index is 13.8. The molecule has 0 heterocycles. The number of halogens is 6. The Balaban J connectivity index is 2.12. The number of hydrogen-bond donors (Lipinski definition) is 1. The fraction of sp³-hybridized carbons (Fsp3) is 0.259. The van der Waals surface area contributed by atoms with E-state index in [1.807, 2.05) is 0 Å². The van der Waals surface area contributed by atoms with E-state index >= 15 is 0 Å². The van der Waals surface area contributed by atoms with Crippen molar-refractivity contribution >= 4 is 62.3 Å². The Morgan fingerprint density at radius 3 is 2.15 bits per heavy atom. The number of carbonyl (C=O) groups is 2. The summed E-state index contributed by atoms with van der Waals surface area (Å²) < 4.78 is 69.0. The van der Waals surface area contributed by atoms with E-state index < -0.39 is 56.9 Å². The maximum absolute atomic E-state index is 13.8. The molecule has 3 rings (SSSR count). The van der Waals surface area contributed by atoms with Crippen LogP contribution in [0.15, 0.2) is 71.6 Å². The molecule has 0 aromatic heterocycles. The molecule has 0 bridgehead atoms. The second-order valence-corrected chi connectivity index (χ2v) is 11.9. The van der Waals surface area contributed by atoms with Crippen LogP contribution in [0.1, 0.15) is 25.0 Å². The summed E-state index contributed by atoms with van der Waals surface area (Å²) in [6.07, 6.45) is -4.90. The van der Waals surface area contributed by atoms with Gasteiger partial charge < -0.3 is 10.2 Å². The third kappa shape index (κ3) is 7.85. The zero-order chi connectivity index (χ0) is 30.5. The van der Waals surface area contributed by atoms with Crippen molar-refractivity contribution in [2.45, 2.75) is 37.5 Å². The van der Waals surface area contributed by atoms with Crippen LogP contribution in [-0.4, -0.2) is 44.3 Å². The summed E-state index contributed by atoms with van der Waals surface area (Å²) in [5, 5.41) is 2.41. The number of alkyl halides is 3. The van der Waals surface area contributed by atoms with Gasteiger partial charge in [0.2, 0.25) is 11.8 Å². The highest BCUT2D eigenvalue weighted by molar-refractivity contribution is 7.92. The maximum Gasteiger partial charge on any atom is 0.417 e. The number of anilines is 1. The molecule has 0 saturated carbocycles. The number of nitrogens with zero attached hydrogens (tertiary/aromatic N) is 2. The summed E-state index contributed by atoms with van der Waals surface area (Å²) in [5.74, 6) is -1.39. The van der Waals surface area contributed by atoms with E-state index in [1.165, 1.54) is 43.3 Å². The molecule has 0 fully saturated rings. The number of sulfonamides is 1. The van der Waals surface area contributed by atoms with Gasteiger partial charge in [-0.05, 0) is 61.9 Å². The minimum absolute atomic E-state index is 0.179. The molecular formula is C27H25Cl3F3N3O4S. The van der Waals surface area contributed by atoms with E-state index in [-0.39, 0.29) is 28.0 Å². The summed E-state index contributed by atoms with van der Waals surface area (Å²) in [6, 6.07) is 12.9. The van der Waals surface area contributed by atoms with Crippen LogP contribution in [-0.2, 0) is 32.3 Å². The Labute approximate surface area is 250 Å². The smallest absolute Gasteiger partial charge is 0.355 e. The Hall–Kier alpha value is -2.99. The molecule has 3 aromatic rings. The van der Waals surface area contributed by atoms with Crippen molar-refractivity contribution < 1.29 is 31.2 Å². The van der Waals surface area contributed by atoms with Crippen LogP contribution in [0.5, 0.6) is 0 Å². The van der Waals surface area contributed by atoms with Gasteiger partial charge in [-0.3, -0.25) is 13.9 Å². The standard InChI is InChI=1S/C27H25Cl3F3N3O4S/c1-3-34-26(38)17(2)35(15-18-9-11-23(29)24(30)13-18)25(37)16-36(41(39,40)20-7-5-4-6-8-20)19-10-12-22(28)21(14-19)27(31,32)33/h4-14,17H,3,15-16H2,1-2H3,(H,34,38)/t17-/m1/s1. The Kier molecular flexibility index (Phi) is 10.6. The predicted octanol–water partition coefficient (Wildman–Crippen LogP) is 6.41. The van der Waals surface area contributed by atoms with E-state index in [1.54, 1.807) is 19.1 Å². The molecule has 0 unspecified atom stereocenters. The second-order valence-electron chi connectivity index (χ2n) is 8.83. The molecule has 14 heteroatoms. The number of rotatable bonds is 10. The minimum atomic E-state index is -4.90. The van der Waals surface area contributed by atoms with E-state index in [4.69, 9.17) is 34.8 Å². The van der Waals surface area contributed by atoms with Crippen LogP contribution in [0.4, 0.5) is 18.9 Å². The molecule has 2 amide bonds. The molecule has 1 atom stereocenters. The van der Waals surface area contributed by atoms with Gasteiger partial charge in [0.25, 0.3) is 10.0 Å². The van der Waals surface area contributed by atoms with Crippen LogP contribution >= 0.6 is 34.8 Å². The quantitative estimate of drug-likeness (QED) is 0.275. The summed E-state index contributed by atoms with van der Waals surface area (Å²) in [6.45, 7) is 2.28. The number of amides is 2. The van der Waals surface area contributed by atoms with Gasteiger partial charge >= 0.3 is 6.18 Å². The van der Waals surface area contributed by atoms with Crippen molar-refractivity contribution in [1.82, 2.24) is 10.2 Å². The van der Waals surface area contributed by atoms with Crippen LogP contribution in [0.2, 0.25) is 15.1 Å². The molecule has 0 spiro atoms. The fourth-order valence-electron chi connectivity index (χ4n) is 3.87. The fourth-order valence-corrected chi connectivity index (χ4v) is 5.85. The van der Waals surface area contributed by atoms with E-state index in [0.717, 1.165) is 17.0 Å². The highest BCUT2D eigenvalue weighted by Gasteiger charge is 2.37. The molecule has 0 radical (unpaired) electrons. The van der Waals surface area contributed by atoms with Gasteiger partial charge in [0.05, 0.1) is 31.2 Å². The van der Waals surface area contributed by atoms with Gasteiger partial charge in [-0.25, -0.2) is 8.42 Å². The normalized spacial score (nSPS) is 12.5. The van der Waals surface area contributed by atoms with Crippen LogP contribution in [0, 0.1) is 0 Å². The minimum Gasteiger partial charge on any atom is -0.355 e. The Bertz CT molecular complexity index is 1520. The third-order valence-electron chi connectivity index (χ3n) is 6.01. The summed E-state index contributed by atoms with van der Waals surface area (Å²) in [7, 11) is -4.56. The summed E-state index contributed by atoms with van der Waals surface area (Å²) in [5.41, 5.74) is -1.24. The molecule has 0 saturated heterocycles. The lowest BCUT2D eigenvalue weighted by atomic mass is 10.1. The topological polar surface area (TPSA) is 86.8 Å². The van der Waals surface area contributed by atoms with Gasteiger partial charge in [-0.2, -0.15) is 13.2 Å². The van der Waals surface area contributed by atoms with Crippen LogP contribution in [0.3, 0.4) is 0 Å². The molecule has 3 aromatic carbocycles. The second kappa shape index (κ2) is 13.3. The van der Waals surface area contributed by atoms with Crippen molar-refractivity contribution in [3.63, 3.8) is 0 Å². The van der Waals surface area contributed by atoms with Crippen molar-refractivity contribution in [3.8, 4) is 0 Å². The zero-order valence-corrected chi connectivity index (χ0v) is 24.8. The molecule has 1 N–H and O–H groups in total. The number of carbonyl (C=O) groups excluding carboxylic acids is 2. The van der Waals surface area contributed by atoms with E-state index in [0.29, 0.717) is 15.9 Å². The number of likely N-dealkylation sites (N-methyl/N-ethyl adjacent to an activating group) is 1. The van der Waals surface area contributed by atoms with Crippen molar-refractivity contribution in [1.29, 1.82) is 0 Å². The van der Waals surface area contributed by atoms with Crippen molar-refractivity contribution in [2.75, 3.05) is 17.4 Å². The summed E-state index contributed by atoms with van der Waals surface area (Å²) >= 11 is 17.9. The van der Waals surface area contributed by atoms with Gasteiger partial charge in [0.1, 0.15) is 12.6 Å². The number of hydrogen-bond acceptors (Lipinski definition) is 4. The average Bonchev–Trinajstić information content (AvgIpc) is 2.92. The van der Waals surface area contributed by atoms with Crippen molar-refractivity contribution in [3.05, 3.63) is 92.9 Å². The molecule has 0 aliphatic rings. The lowest BCUT2D eigenvalue weighted by molar-refractivity contribution is -0.139. The van der Waals surface area contributed by atoms with Gasteiger partial charge in [0, 0.05) is 13.1 Å². The first kappa shape index (κ1) is 32.5. The SMILES string of the molecule is CCNC(=O)[C@@H](C)N(Cc1ccc(Cl)c(Cl)c1)C(=O)CN(c1ccc(Cl)c(C(F)(F)F)c1)S(=O)(=O)c1ccccc1. The van der Waals surface area contributed by atoms with E-state index in [9.17, 15) is 31.2 Å². The molecule has 0 aliphatic carbocycles. The predicted molar refractivity (Wildman–Crippen MR) is 153 cm³/mol. The largest absolute Gasteiger partial charge is 0.417 e. The number of nitrogens with one attached hydrogen (secondary N) is 1. The molecule has 220 valence electrons. The monoisotopic (exact) mass is 649 g/mol. The molecule has 41 heavy (non-hydrogen) atoms. The first-order valence-corrected chi connectivity index (χ1v) is 14.7. The first-order chi connectivity index (χ1) is 19.2. The van der Waals surface area contributed by atoms with Crippen LogP contribution < -0.4 is 9.62 Å². The third-order valence-corrected chi connectivity index (χ3v) is 8.87. The molecule has 7 nitrogen and oxygen atoms in total. The molecule has 0 aliphatic heterocycles. The average molecular weight is 651 g/mol. The highest BCUT2D eigenvalue weighted by Crippen LogP contribution is 2.38. The summed E-state index contributed by atoms with van der Waals surface area (Å²) in [4.78, 5) is 27.4. The Morgan fingerprint density at radius 1 is 0.927 bits per heavy atom. The van der Waals surface area contributed by atoms with Gasteiger partial charge in [0.15, 0.2) is 0 Å². The molecular weight excluding hydrogens is 626 g/mol. The lowest BCUT2D eigenvalue weighted by Crippen LogP contribution is -2.51. The zero-order valence-electron chi connectivity index (χ0n) is 21.8. The highest BCUT2D eigenvalue weighted by atomic mass is 35.5. The van der Waals surface area contributed by atoms with E-state index in [2.05, 4.69) is 5.32 Å². The Morgan fingerprint density at radius 2 is 1.56 bits per heavy atom. The first-order valence-electron chi connectivity index (χ1n) is 12.1. The van der Waals surface area contributed by atoms with Crippen molar-refractivity contribution in [2.24, 2.45) is 0 Å². The van der Waals surface area contributed by atoms with Gasteiger partial charge in [-0.1, -0.05) is 59.1 Å². The lowest BCUT2D eigenvalue weighted by Gasteiger charge is -2.32.